The van der Waals surface area contributed by atoms with E-state index in [2.05, 4.69) is 69.9 Å². The van der Waals surface area contributed by atoms with Crippen molar-refractivity contribution in [2.75, 3.05) is 45.2 Å². The standard InChI is InChI=1S/C36H42F2N6O3/c1-22(30-18-28(43-15-14-29(21-43)42(2)3)11-8-24(30)7-6-23-4-5-23)40-36(47)33-17-27(38)20-44(33)34(45)19-39-35(46)32-12-9-25-16-26(37)10-13-31(25)41-32/h6-13,16,18,22-23,27,29,33H,4-5,14-15,17,19-21H2,1-3H3,(H,39,46)(H,40,47)/b7-6+/t22-,27+,29+,33-/m0/s1. The van der Waals surface area contributed by atoms with Crippen LogP contribution in [-0.2, 0) is 9.59 Å². The number of carbonyl (C=O) groups is 3. The second-order valence-electron chi connectivity index (χ2n) is 13.2. The van der Waals surface area contributed by atoms with Crippen LogP contribution in [0.2, 0.25) is 0 Å². The van der Waals surface area contributed by atoms with Crippen molar-refractivity contribution in [1.29, 1.82) is 0 Å². The Hall–Kier alpha value is -4.38. The van der Waals surface area contributed by atoms with Crippen molar-refractivity contribution in [3.63, 3.8) is 0 Å². The third kappa shape index (κ3) is 7.62. The number of hydrogen-bond acceptors (Lipinski definition) is 6. The topological polar surface area (TPSA) is 97.9 Å². The number of nitrogens with one attached hydrogen (secondary N) is 2. The summed E-state index contributed by atoms with van der Waals surface area (Å²) in [5.74, 6) is -1.41. The van der Waals surface area contributed by atoms with Crippen molar-refractivity contribution in [3.8, 4) is 0 Å². The van der Waals surface area contributed by atoms with Crippen molar-refractivity contribution < 1.29 is 23.2 Å². The lowest BCUT2D eigenvalue weighted by molar-refractivity contribution is -0.138. The second-order valence-corrected chi connectivity index (χ2v) is 13.2. The zero-order chi connectivity index (χ0) is 33.2. The van der Waals surface area contributed by atoms with E-state index < -0.39 is 48.3 Å². The molecule has 3 aliphatic rings. The van der Waals surface area contributed by atoms with Gasteiger partial charge >= 0.3 is 0 Å². The highest BCUT2D eigenvalue weighted by atomic mass is 19.1. The van der Waals surface area contributed by atoms with Crippen LogP contribution in [0.1, 0.15) is 60.3 Å². The normalized spacial score (nSPS) is 22.0. The van der Waals surface area contributed by atoms with Crippen LogP contribution in [0.5, 0.6) is 0 Å². The first kappa shape index (κ1) is 32.6. The van der Waals surface area contributed by atoms with Gasteiger partial charge in [0.05, 0.1) is 24.6 Å². The number of nitrogens with zero attached hydrogens (tertiary/aromatic N) is 4. The van der Waals surface area contributed by atoms with Gasteiger partial charge in [-0.05, 0) is 93.7 Å². The minimum Gasteiger partial charge on any atom is -0.370 e. The number of fused-ring (bicyclic) bond motifs is 1. The predicted molar refractivity (Wildman–Crippen MR) is 178 cm³/mol. The molecule has 2 aliphatic heterocycles. The number of benzene rings is 2. The van der Waals surface area contributed by atoms with Gasteiger partial charge in [-0.15, -0.1) is 0 Å². The number of likely N-dealkylation sites (tertiary alicyclic amines) is 1. The summed E-state index contributed by atoms with van der Waals surface area (Å²) in [6.07, 6.45) is 6.32. The maximum atomic E-state index is 14.7. The fourth-order valence-corrected chi connectivity index (χ4v) is 6.48. The molecule has 2 saturated heterocycles. The fraction of sp³-hybridized carbons (Fsp3) is 0.444. The molecule has 0 radical (unpaired) electrons. The third-order valence-electron chi connectivity index (χ3n) is 9.48. The van der Waals surface area contributed by atoms with Crippen molar-refractivity contribution in [2.24, 2.45) is 5.92 Å². The maximum absolute atomic E-state index is 14.7. The predicted octanol–water partition coefficient (Wildman–Crippen LogP) is 4.48. The van der Waals surface area contributed by atoms with Gasteiger partial charge in [-0.2, -0.15) is 0 Å². The lowest BCUT2D eigenvalue weighted by Gasteiger charge is -2.27. The van der Waals surface area contributed by atoms with E-state index in [-0.39, 0.29) is 18.7 Å². The highest BCUT2D eigenvalue weighted by molar-refractivity contribution is 5.97. The van der Waals surface area contributed by atoms with Crippen molar-refractivity contribution in [3.05, 3.63) is 77.2 Å². The zero-order valence-corrected chi connectivity index (χ0v) is 27.1. The number of allylic oxidation sites excluding steroid dienone is 1. The molecule has 11 heteroatoms. The number of alkyl halides is 1. The lowest BCUT2D eigenvalue weighted by atomic mass is 9.98. The summed E-state index contributed by atoms with van der Waals surface area (Å²) in [5, 5.41) is 6.13. The molecule has 9 nitrogen and oxygen atoms in total. The molecule has 47 heavy (non-hydrogen) atoms. The Bertz CT molecular complexity index is 1690. The smallest absolute Gasteiger partial charge is 0.270 e. The van der Waals surface area contributed by atoms with Crippen LogP contribution in [0.3, 0.4) is 0 Å². The highest BCUT2D eigenvalue weighted by Gasteiger charge is 2.40. The van der Waals surface area contributed by atoms with Crippen LogP contribution < -0.4 is 15.5 Å². The summed E-state index contributed by atoms with van der Waals surface area (Å²) < 4.78 is 28.2. The summed E-state index contributed by atoms with van der Waals surface area (Å²) in [4.78, 5) is 49.7. The number of aromatic nitrogens is 1. The molecule has 6 rings (SSSR count). The number of hydrogen-bond donors (Lipinski definition) is 2. The molecule has 2 aromatic carbocycles. The second kappa shape index (κ2) is 13.8. The van der Waals surface area contributed by atoms with Gasteiger partial charge in [-0.3, -0.25) is 14.4 Å². The van der Waals surface area contributed by atoms with E-state index in [4.69, 9.17) is 0 Å². The first-order chi connectivity index (χ1) is 22.5. The minimum absolute atomic E-state index is 0.0600. The molecule has 4 atom stereocenters. The maximum Gasteiger partial charge on any atom is 0.270 e. The zero-order valence-electron chi connectivity index (χ0n) is 27.1. The SMILES string of the molecule is C[C@H](NC(=O)[C@@H]1C[C@@H](F)CN1C(=O)CNC(=O)c1ccc2cc(F)ccc2n1)c1cc(N2CC[C@@H](N(C)C)C2)ccc1/C=C/C1CC1. The van der Waals surface area contributed by atoms with Gasteiger partial charge in [0.2, 0.25) is 11.8 Å². The number of halogens is 2. The van der Waals surface area contributed by atoms with Crippen LogP contribution in [0.25, 0.3) is 17.0 Å². The van der Waals surface area contributed by atoms with Crippen molar-refractivity contribution >= 4 is 40.4 Å². The number of amides is 3. The highest BCUT2D eigenvalue weighted by Crippen LogP contribution is 2.33. The third-order valence-corrected chi connectivity index (χ3v) is 9.48. The Kier molecular flexibility index (Phi) is 9.54. The van der Waals surface area contributed by atoms with E-state index in [9.17, 15) is 23.2 Å². The molecule has 1 aromatic heterocycles. The summed E-state index contributed by atoms with van der Waals surface area (Å²) in [6.45, 7) is 3.14. The molecule has 3 heterocycles. The number of anilines is 1. The van der Waals surface area contributed by atoms with Gasteiger partial charge in [-0.1, -0.05) is 24.3 Å². The molecule has 3 amide bonds. The van der Waals surface area contributed by atoms with Crippen LogP contribution in [-0.4, -0.2) is 91.0 Å². The average molecular weight is 645 g/mol. The summed E-state index contributed by atoms with van der Waals surface area (Å²) in [5.41, 5.74) is 3.58. The lowest BCUT2D eigenvalue weighted by Crippen LogP contribution is -2.49. The molecule has 1 saturated carbocycles. The van der Waals surface area contributed by atoms with E-state index in [0.29, 0.717) is 22.9 Å². The summed E-state index contributed by atoms with van der Waals surface area (Å²) >= 11 is 0. The Morgan fingerprint density at radius 3 is 2.62 bits per heavy atom. The summed E-state index contributed by atoms with van der Waals surface area (Å²) in [7, 11) is 4.20. The first-order valence-electron chi connectivity index (χ1n) is 16.4. The number of rotatable bonds is 10. The Morgan fingerprint density at radius 2 is 1.87 bits per heavy atom. The monoisotopic (exact) mass is 644 g/mol. The van der Waals surface area contributed by atoms with Crippen molar-refractivity contribution in [2.45, 2.75) is 56.9 Å². The average Bonchev–Trinajstić information content (AvgIpc) is 3.59. The van der Waals surface area contributed by atoms with Crippen molar-refractivity contribution in [1.82, 2.24) is 25.4 Å². The molecular formula is C36H42F2N6O3. The van der Waals surface area contributed by atoms with Gasteiger partial charge in [-0.25, -0.2) is 13.8 Å². The molecule has 248 valence electrons. The molecular weight excluding hydrogens is 602 g/mol. The van der Waals surface area contributed by atoms with Gasteiger partial charge in [0.1, 0.15) is 23.7 Å². The van der Waals surface area contributed by atoms with Gasteiger partial charge in [0.25, 0.3) is 5.91 Å². The minimum atomic E-state index is -1.36. The van der Waals surface area contributed by atoms with E-state index in [1.807, 2.05) is 6.92 Å². The molecule has 1 aliphatic carbocycles. The quantitative estimate of drug-likeness (QED) is 0.338. The van der Waals surface area contributed by atoms with Gasteiger partial charge in [0, 0.05) is 36.6 Å². The first-order valence-corrected chi connectivity index (χ1v) is 16.4. The number of pyridine rings is 1. The van der Waals surface area contributed by atoms with Crippen LogP contribution in [0.4, 0.5) is 14.5 Å². The number of carbonyl (C=O) groups excluding carboxylic acids is 3. The van der Waals surface area contributed by atoms with E-state index in [1.165, 1.54) is 42.0 Å². The van der Waals surface area contributed by atoms with E-state index in [0.717, 1.165) is 36.3 Å². The molecule has 0 spiro atoms. The van der Waals surface area contributed by atoms with Gasteiger partial charge < -0.3 is 25.3 Å². The number of likely N-dealkylation sites (N-methyl/N-ethyl adjacent to an activating group) is 1. The Morgan fingerprint density at radius 1 is 1.06 bits per heavy atom. The van der Waals surface area contributed by atoms with Crippen LogP contribution in [0.15, 0.2) is 54.6 Å². The molecule has 0 bridgehead atoms. The molecule has 2 N–H and O–H groups in total. The van der Waals surface area contributed by atoms with E-state index >= 15 is 0 Å². The Balaban J connectivity index is 1.12. The van der Waals surface area contributed by atoms with Crippen LogP contribution >= 0.6 is 0 Å². The van der Waals surface area contributed by atoms with Crippen LogP contribution in [0, 0.1) is 11.7 Å². The van der Waals surface area contributed by atoms with Gasteiger partial charge in [0.15, 0.2) is 0 Å². The largest absolute Gasteiger partial charge is 0.370 e. The molecule has 3 aromatic rings. The summed E-state index contributed by atoms with van der Waals surface area (Å²) in [6, 6.07) is 12.5. The molecule has 0 unspecified atom stereocenters. The fourth-order valence-electron chi connectivity index (χ4n) is 6.48. The molecule has 3 fully saturated rings. The Labute approximate surface area is 274 Å². The van der Waals surface area contributed by atoms with E-state index in [1.54, 1.807) is 6.07 Å².